The minimum Gasteiger partial charge on any atom is -0.352 e. The van der Waals surface area contributed by atoms with Gasteiger partial charge in [-0.05, 0) is 24.3 Å². The summed E-state index contributed by atoms with van der Waals surface area (Å²) in [7, 11) is 0. The van der Waals surface area contributed by atoms with E-state index in [1.807, 2.05) is 30.3 Å². The summed E-state index contributed by atoms with van der Waals surface area (Å²) in [6.45, 7) is 0. The number of nitrogens with zero attached hydrogens (tertiary/aromatic N) is 4. The Bertz CT molecular complexity index is 1550. The van der Waals surface area contributed by atoms with Crippen molar-refractivity contribution in [3.63, 3.8) is 0 Å². The Kier molecular flexibility index (Phi) is 3.86. The van der Waals surface area contributed by atoms with Gasteiger partial charge in [0.1, 0.15) is 5.82 Å². The Morgan fingerprint density at radius 1 is 0.774 bits per heavy atom. The molecular weight excluding hydrogens is 391 g/mol. The van der Waals surface area contributed by atoms with Gasteiger partial charge < -0.3 is 4.98 Å². The monoisotopic (exact) mass is 406 g/mol. The van der Waals surface area contributed by atoms with Gasteiger partial charge in [0, 0.05) is 57.8 Å². The van der Waals surface area contributed by atoms with E-state index in [4.69, 9.17) is 0 Å². The quantitative estimate of drug-likeness (QED) is 0.414. The van der Waals surface area contributed by atoms with Crippen molar-refractivity contribution in [3.8, 4) is 33.6 Å². The second kappa shape index (κ2) is 6.84. The van der Waals surface area contributed by atoms with Crippen LogP contribution in [0.2, 0.25) is 0 Å². The van der Waals surface area contributed by atoms with Crippen molar-refractivity contribution in [1.29, 1.82) is 0 Å². The minimum atomic E-state index is -0.281. The lowest BCUT2D eigenvalue weighted by atomic mass is 10.0. The number of fused-ring (bicyclic) bond motifs is 2. The molecule has 6 rings (SSSR count). The van der Waals surface area contributed by atoms with E-state index >= 15 is 0 Å². The molecule has 0 radical (unpaired) electrons. The predicted octanol–water partition coefficient (Wildman–Crippen LogP) is 5.37. The molecule has 0 aliphatic rings. The molecule has 148 valence electrons. The van der Waals surface area contributed by atoms with Crippen molar-refractivity contribution in [1.82, 2.24) is 30.1 Å². The molecule has 7 heteroatoms. The van der Waals surface area contributed by atoms with E-state index < -0.39 is 0 Å². The number of halogens is 1. The number of rotatable bonds is 3. The topological polar surface area (TPSA) is 83.1 Å². The van der Waals surface area contributed by atoms with E-state index in [0.29, 0.717) is 11.2 Å². The van der Waals surface area contributed by atoms with Crippen molar-refractivity contribution >= 4 is 21.9 Å². The normalized spacial score (nSPS) is 11.4. The Hall–Kier alpha value is -4.39. The number of hydrogen-bond donors (Lipinski definition) is 2. The fourth-order valence-corrected chi connectivity index (χ4v) is 3.88. The molecule has 6 aromatic rings. The van der Waals surface area contributed by atoms with Crippen molar-refractivity contribution in [2.45, 2.75) is 0 Å². The maximum atomic E-state index is 14.4. The highest BCUT2D eigenvalue weighted by molar-refractivity contribution is 6.00. The largest absolute Gasteiger partial charge is 0.352 e. The highest BCUT2D eigenvalue weighted by Gasteiger charge is 2.16. The molecule has 0 fully saturated rings. The van der Waals surface area contributed by atoms with Gasteiger partial charge in [0.2, 0.25) is 0 Å². The van der Waals surface area contributed by atoms with Crippen LogP contribution in [0.15, 0.2) is 79.5 Å². The number of aromatic amines is 2. The van der Waals surface area contributed by atoms with Crippen molar-refractivity contribution < 1.29 is 4.39 Å². The second-order valence-corrected chi connectivity index (χ2v) is 7.25. The third kappa shape index (κ3) is 2.86. The third-order valence-corrected chi connectivity index (χ3v) is 5.38. The molecule has 5 aromatic heterocycles. The predicted molar refractivity (Wildman–Crippen MR) is 118 cm³/mol. The van der Waals surface area contributed by atoms with Crippen LogP contribution in [-0.2, 0) is 0 Å². The molecule has 2 N–H and O–H groups in total. The first-order valence-electron chi connectivity index (χ1n) is 9.74. The smallest absolute Gasteiger partial charge is 0.181 e. The number of nitrogens with one attached hydrogen (secondary N) is 2. The molecule has 0 spiro atoms. The third-order valence-electron chi connectivity index (χ3n) is 5.38. The van der Waals surface area contributed by atoms with Crippen LogP contribution < -0.4 is 0 Å². The number of H-pyrrole nitrogens is 2. The average Bonchev–Trinajstić information content (AvgIpc) is 3.43. The van der Waals surface area contributed by atoms with Gasteiger partial charge in [-0.3, -0.25) is 15.1 Å². The summed E-state index contributed by atoms with van der Waals surface area (Å²) in [5.41, 5.74) is 6.25. The summed E-state index contributed by atoms with van der Waals surface area (Å²) in [6.07, 6.45) is 8.75. The van der Waals surface area contributed by atoms with E-state index in [-0.39, 0.29) is 5.82 Å². The van der Waals surface area contributed by atoms with Crippen LogP contribution in [0.5, 0.6) is 0 Å². The Morgan fingerprint density at radius 2 is 1.71 bits per heavy atom. The lowest BCUT2D eigenvalue weighted by Gasteiger charge is -2.03. The van der Waals surface area contributed by atoms with Gasteiger partial charge >= 0.3 is 0 Å². The van der Waals surface area contributed by atoms with Crippen molar-refractivity contribution in [2.75, 3.05) is 0 Å². The Balaban J connectivity index is 1.53. The molecule has 6 nitrogen and oxygen atoms in total. The van der Waals surface area contributed by atoms with Gasteiger partial charge in [-0.1, -0.05) is 24.3 Å². The first-order valence-corrected chi connectivity index (χ1v) is 9.74. The molecule has 0 amide bonds. The first-order chi connectivity index (χ1) is 15.3. The minimum absolute atomic E-state index is 0.281. The highest BCUT2D eigenvalue weighted by Crippen LogP contribution is 2.34. The summed E-state index contributed by atoms with van der Waals surface area (Å²) >= 11 is 0. The van der Waals surface area contributed by atoms with E-state index in [1.54, 1.807) is 43.1 Å². The Morgan fingerprint density at radius 3 is 2.58 bits per heavy atom. The zero-order chi connectivity index (χ0) is 20.8. The fourth-order valence-electron chi connectivity index (χ4n) is 3.88. The summed E-state index contributed by atoms with van der Waals surface area (Å²) < 4.78 is 14.4. The van der Waals surface area contributed by atoms with Gasteiger partial charge in [0.25, 0.3) is 0 Å². The summed E-state index contributed by atoms with van der Waals surface area (Å²) in [5, 5.41) is 9.20. The standard InChI is InChI=1S/C24H15FN6/c25-20-6-2-1-5-16(20)19-12-27-13-22-17(19)9-21(29-22)23-18-8-15(11-28-24(18)31-30-23)14-4-3-7-26-10-14/h1-13,29H,(H,28,30,31). The van der Waals surface area contributed by atoms with Crippen LogP contribution in [0.25, 0.3) is 55.6 Å². The molecule has 0 atom stereocenters. The van der Waals surface area contributed by atoms with Crippen molar-refractivity contribution in [2.24, 2.45) is 0 Å². The lowest BCUT2D eigenvalue weighted by Crippen LogP contribution is -1.85. The van der Waals surface area contributed by atoms with Gasteiger partial charge in [0.05, 0.1) is 23.1 Å². The molecule has 31 heavy (non-hydrogen) atoms. The molecule has 1 aromatic carbocycles. The summed E-state index contributed by atoms with van der Waals surface area (Å²) in [4.78, 5) is 16.4. The number of benzene rings is 1. The molecule has 5 heterocycles. The van der Waals surface area contributed by atoms with Crippen LogP contribution in [0.4, 0.5) is 4.39 Å². The average molecular weight is 406 g/mol. The van der Waals surface area contributed by atoms with Crippen LogP contribution >= 0.6 is 0 Å². The molecule has 0 aliphatic carbocycles. The first kappa shape index (κ1) is 17.5. The van der Waals surface area contributed by atoms with Gasteiger partial charge in [-0.15, -0.1) is 0 Å². The van der Waals surface area contributed by atoms with Gasteiger partial charge in [-0.2, -0.15) is 5.10 Å². The van der Waals surface area contributed by atoms with E-state index in [1.165, 1.54) is 6.07 Å². The van der Waals surface area contributed by atoms with E-state index in [0.717, 1.165) is 44.4 Å². The Labute approximate surface area is 175 Å². The molecule has 0 saturated carbocycles. The van der Waals surface area contributed by atoms with Gasteiger partial charge in [-0.25, -0.2) is 9.37 Å². The van der Waals surface area contributed by atoms with Crippen LogP contribution in [-0.4, -0.2) is 30.1 Å². The second-order valence-electron chi connectivity index (χ2n) is 7.25. The number of hydrogen-bond acceptors (Lipinski definition) is 4. The molecule has 0 unspecified atom stereocenters. The molecule has 0 bridgehead atoms. The molecular formula is C24H15FN6. The van der Waals surface area contributed by atoms with E-state index in [9.17, 15) is 4.39 Å². The van der Waals surface area contributed by atoms with E-state index in [2.05, 4.69) is 30.1 Å². The molecule has 0 aliphatic heterocycles. The fraction of sp³-hybridized carbons (Fsp3) is 0. The summed E-state index contributed by atoms with van der Waals surface area (Å²) in [6, 6.07) is 14.6. The van der Waals surface area contributed by atoms with Gasteiger partial charge in [0.15, 0.2) is 5.65 Å². The number of aromatic nitrogens is 6. The lowest BCUT2D eigenvalue weighted by molar-refractivity contribution is 0.631. The summed E-state index contributed by atoms with van der Waals surface area (Å²) in [5.74, 6) is -0.281. The van der Waals surface area contributed by atoms with Crippen LogP contribution in [0.1, 0.15) is 0 Å². The SMILES string of the molecule is Fc1ccccc1-c1cncc2[nH]c(-c3[nH]nc4ncc(-c5cccnc5)cc34)cc12. The van der Waals surface area contributed by atoms with Crippen LogP contribution in [0.3, 0.4) is 0 Å². The maximum Gasteiger partial charge on any atom is 0.181 e. The highest BCUT2D eigenvalue weighted by atomic mass is 19.1. The van der Waals surface area contributed by atoms with Crippen molar-refractivity contribution in [3.05, 3.63) is 85.3 Å². The zero-order valence-electron chi connectivity index (χ0n) is 16.2. The maximum absolute atomic E-state index is 14.4. The number of pyridine rings is 3. The zero-order valence-corrected chi connectivity index (χ0v) is 16.2. The van der Waals surface area contributed by atoms with Crippen LogP contribution in [0, 0.1) is 5.82 Å². The molecule has 0 saturated heterocycles.